The Morgan fingerprint density at radius 2 is 1.80 bits per heavy atom. The van der Waals surface area contributed by atoms with E-state index in [1.54, 1.807) is 0 Å². The number of aromatic nitrogens is 1. The third-order valence-electron chi connectivity index (χ3n) is 4.50. The maximum atomic E-state index is 11.6. The fourth-order valence-electron chi connectivity index (χ4n) is 3.13. The zero-order valence-electron chi connectivity index (χ0n) is 15.0. The Hall–Kier alpha value is -2.56. The second-order valence-corrected chi connectivity index (χ2v) is 6.51. The summed E-state index contributed by atoms with van der Waals surface area (Å²) in [5, 5.41) is 2.83. The minimum absolute atomic E-state index is 0.0227. The Morgan fingerprint density at radius 3 is 2.40 bits per heavy atom. The summed E-state index contributed by atoms with van der Waals surface area (Å²) >= 11 is 0. The molecule has 0 aliphatic carbocycles. The van der Waals surface area contributed by atoms with E-state index < -0.39 is 0 Å². The molecule has 2 heterocycles. The molecule has 25 heavy (non-hydrogen) atoms. The van der Waals surface area contributed by atoms with Crippen molar-refractivity contribution in [2.24, 2.45) is 0 Å². The number of pyridine rings is 1. The summed E-state index contributed by atoms with van der Waals surface area (Å²) in [6, 6.07) is 12.6. The lowest BCUT2D eigenvalue weighted by atomic mass is 10.2. The van der Waals surface area contributed by atoms with Crippen molar-refractivity contribution in [1.29, 1.82) is 0 Å². The lowest BCUT2D eigenvalue weighted by molar-refractivity contribution is -0.116. The second-order valence-electron chi connectivity index (χ2n) is 6.51. The largest absolute Gasteiger partial charge is 0.368 e. The third-order valence-corrected chi connectivity index (χ3v) is 4.50. The van der Waals surface area contributed by atoms with Crippen LogP contribution in [0.3, 0.4) is 0 Å². The molecule has 1 fully saturated rings. The van der Waals surface area contributed by atoms with Crippen LogP contribution in [0.25, 0.3) is 0 Å². The average Bonchev–Trinajstić information content (AvgIpc) is 2.63. The van der Waals surface area contributed by atoms with Crippen LogP contribution < -0.4 is 15.1 Å². The SMILES string of the molecule is CCCC(=O)Nc1ccc(N2CCN(c3cccc(C)c3)CC2)cn1. The van der Waals surface area contributed by atoms with Gasteiger partial charge in [0, 0.05) is 38.3 Å². The van der Waals surface area contributed by atoms with Crippen molar-refractivity contribution in [2.75, 3.05) is 41.3 Å². The van der Waals surface area contributed by atoms with E-state index in [9.17, 15) is 4.79 Å². The molecule has 3 rings (SSSR count). The van der Waals surface area contributed by atoms with E-state index in [2.05, 4.69) is 51.3 Å². The predicted molar refractivity (Wildman–Crippen MR) is 103 cm³/mol. The van der Waals surface area contributed by atoms with E-state index in [1.807, 2.05) is 25.3 Å². The number of anilines is 3. The quantitative estimate of drug-likeness (QED) is 0.907. The lowest BCUT2D eigenvalue weighted by Gasteiger charge is -2.37. The van der Waals surface area contributed by atoms with Crippen molar-refractivity contribution in [3.8, 4) is 0 Å². The maximum absolute atomic E-state index is 11.6. The van der Waals surface area contributed by atoms with E-state index in [4.69, 9.17) is 0 Å². The van der Waals surface area contributed by atoms with Crippen LogP contribution in [0, 0.1) is 6.92 Å². The summed E-state index contributed by atoms with van der Waals surface area (Å²) in [6.45, 7) is 8.06. The van der Waals surface area contributed by atoms with Crippen LogP contribution in [0.15, 0.2) is 42.6 Å². The number of hydrogen-bond donors (Lipinski definition) is 1. The number of nitrogens with one attached hydrogen (secondary N) is 1. The maximum Gasteiger partial charge on any atom is 0.225 e. The summed E-state index contributed by atoms with van der Waals surface area (Å²) in [5.41, 5.74) is 3.70. The van der Waals surface area contributed by atoms with Gasteiger partial charge in [-0.3, -0.25) is 4.79 Å². The highest BCUT2D eigenvalue weighted by Crippen LogP contribution is 2.21. The molecule has 5 nitrogen and oxygen atoms in total. The zero-order chi connectivity index (χ0) is 17.6. The summed E-state index contributed by atoms with van der Waals surface area (Å²) < 4.78 is 0. The Morgan fingerprint density at radius 1 is 1.08 bits per heavy atom. The van der Waals surface area contributed by atoms with E-state index in [0.717, 1.165) is 38.3 Å². The van der Waals surface area contributed by atoms with Gasteiger partial charge in [-0.1, -0.05) is 19.1 Å². The molecular formula is C20H26N4O. The summed E-state index contributed by atoms with van der Waals surface area (Å²) in [5.74, 6) is 0.648. The minimum atomic E-state index is 0.0227. The molecule has 0 bridgehead atoms. The van der Waals surface area contributed by atoms with Crippen molar-refractivity contribution in [2.45, 2.75) is 26.7 Å². The molecule has 1 N–H and O–H groups in total. The Kier molecular flexibility index (Phi) is 5.53. The lowest BCUT2D eigenvalue weighted by Crippen LogP contribution is -2.46. The highest BCUT2D eigenvalue weighted by Gasteiger charge is 2.18. The van der Waals surface area contributed by atoms with Crippen LogP contribution in [0.4, 0.5) is 17.2 Å². The van der Waals surface area contributed by atoms with Gasteiger partial charge in [-0.05, 0) is 43.2 Å². The standard InChI is InChI=1S/C20H26N4O/c1-3-5-20(25)22-19-9-8-18(15-21-19)24-12-10-23(11-13-24)17-7-4-6-16(2)14-17/h4,6-9,14-15H,3,5,10-13H2,1-2H3,(H,21,22,25). The van der Waals surface area contributed by atoms with Crippen LogP contribution in [-0.2, 0) is 4.79 Å². The van der Waals surface area contributed by atoms with Crippen molar-refractivity contribution in [1.82, 2.24) is 4.98 Å². The molecule has 1 aliphatic heterocycles. The van der Waals surface area contributed by atoms with Crippen molar-refractivity contribution in [3.05, 3.63) is 48.2 Å². The second kappa shape index (κ2) is 8.01. The highest BCUT2D eigenvalue weighted by molar-refractivity contribution is 5.89. The molecule has 0 saturated carbocycles. The number of hydrogen-bond acceptors (Lipinski definition) is 4. The van der Waals surface area contributed by atoms with Crippen LogP contribution in [0.5, 0.6) is 0 Å². The van der Waals surface area contributed by atoms with E-state index in [0.29, 0.717) is 12.2 Å². The number of piperazine rings is 1. The summed E-state index contributed by atoms with van der Waals surface area (Å²) in [4.78, 5) is 20.8. The molecule has 1 saturated heterocycles. The molecule has 1 aromatic carbocycles. The van der Waals surface area contributed by atoms with Crippen LogP contribution in [0.2, 0.25) is 0 Å². The van der Waals surface area contributed by atoms with Gasteiger partial charge < -0.3 is 15.1 Å². The van der Waals surface area contributed by atoms with E-state index in [1.165, 1.54) is 11.3 Å². The number of amides is 1. The fraction of sp³-hybridized carbons (Fsp3) is 0.400. The highest BCUT2D eigenvalue weighted by atomic mass is 16.1. The van der Waals surface area contributed by atoms with Crippen molar-refractivity contribution < 1.29 is 4.79 Å². The summed E-state index contributed by atoms with van der Waals surface area (Å²) in [6.07, 6.45) is 3.23. The first-order valence-corrected chi connectivity index (χ1v) is 8.98. The topological polar surface area (TPSA) is 48.5 Å². The fourth-order valence-corrected chi connectivity index (χ4v) is 3.13. The molecule has 0 spiro atoms. The molecule has 0 atom stereocenters. The molecule has 1 amide bonds. The number of carbonyl (C=O) groups is 1. The minimum Gasteiger partial charge on any atom is -0.368 e. The van der Waals surface area contributed by atoms with E-state index in [-0.39, 0.29) is 5.91 Å². The van der Waals surface area contributed by atoms with Gasteiger partial charge in [0.1, 0.15) is 5.82 Å². The van der Waals surface area contributed by atoms with Gasteiger partial charge in [0.15, 0.2) is 0 Å². The monoisotopic (exact) mass is 338 g/mol. The van der Waals surface area contributed by atoms with Gasteiger partial charge in [-0.15, -0.1) is 0 Å². The normalized spacial score (nSPS) is 14.5. The smallest absolute Gasteiger partial charge is 0.225 e. The molecule has 2 aromatic rings. The molecule has 5 heteroatoms. The zero-order valence-corrected chi connectivity index (χ0v) is 15.0. The molecule has 1 aliphatic rings. The molecule has 132 valence electrons. The van der Waals surface area contributed by atoms with Gasteiger partial charge in [-0.25, -0.2) is 4.98 Å². The first kappa shape index (κ1) is 17.3. The van der Waals surface area contributed by atoms with Crippen LogP contribution in [0.1, 0.15) is 25.3 Å². The Balaban J connectivity index is 1.56. The Labute approximate surface area is 149 Å². The van der Waals surface area contributed by atoms with E-state index >= 15 is 0 Å². The number of benzene rings is 1. The van der Waals surface area contributed by atoms with Gasteiger partial charge in [-0.2, -0.15) is 0 Å². The average molecular weight is 338 g/mol. The van der Waals surface area contributed by atoms with Crippen LogP contribution in [-0.4, -0.2) is 37.1 Å². The van der Waals surface area contributed by atoms with Gasteiger partial charge in [0.25, 0.3) is 0 Å². The molecule has 1 aromatic heterocycles. The van der Waals surface area contributed by atoms with Gasteiger partial charge in [0.2, 0.25) is 5.91 Å². The van der Waals surface area contributed by atoms with Crippen LogP contribution >= 0.6 is 0 Å². The molecule has 0 unspecified atom stereocenters. The number of carbonyl (C=O) groups excluding carboxylic acids is 1. The molecule has 0 radical (unpaired) electrons. The number of rotatable bonds is 5. The first-order chi connectivity index (χ1) is 12.2. The predicted octanol–water partition coefficient (Wildman–Crippen LogP) is 3.46. The van der Waals surface area contributed by atoms with Crippen molar-refractivity contribution in [3.63, 3.8) is 0 Å². The molecular weight excluding hydrogens is 312 g/mol. The van der Waals surface area contributed by atoms with Gasteiger partial charge in [0.05, 0.1) is 11.9 Å². The summed E-state index contributed by atoms with van der Waals surface area (Å²) in [7, 11) is 0. The number of nitrogens with zero attached hydrogens (tertiary/aromatic N) is 3. The van der Waals surface area contributed by atoms with Crippen molar-refractivity contribution >= 4 is 23.1 Å². The third kappa shape index (κ3) is 4.50. The van der Waals surface area contributed by atoms with Gasteiger partial charge >= 0.3 is 0 Å². The first-order valence-electron chi connectivity index (χ1n) is 8.98. The number of aryl methyl sites for hydroxylation is 1. The Bertz CT molecular complexity index is 706.